The summed E-state index contributed by atoms with van der Waals surface area (Å²) in [6, 6.07) is 6.21. The summed E-state index contributed by atoms with van der Waals surface area (Å²) in [6.45, 7) is 10.9. The molecule has 2 N–H and O–H groups in total. The van der Waals surface area contributed by atoms with Crippen molar-refractivity contribution < 1.29 is 9.47 Å². The Morgan fingerprint density at radius 3 is 2.85 bits per heavy atom. The lowest BCUT2D eigenvalue weighted by Crippen LogP contribution is -2.38. The van der Waals surface area contributed by atoms with Gasteiger partial charge >= 0.3 is 0 Å². The molecule has 1 aromatic heterocycles. The first kappa shape index (κ1) is 20.8. The number of ether oxygens (including phenoxy) is 2. The number of hydrogen-bond acceptors (Lipinski definition) is 4. The van der Waals surface area contributed by atoms with Crippen molar-refractivity contribution in [2.75, 3.05) is 32.9 Å². The maximum absolute atomic E-state index is 5.90. The van der Waals surface area contributed by atoms with Crippen molar-refractivity contribution in [3.05, 3.63) is 48.0 Å². The van der Waals surface area contributed by atoms with Gasteiger partial charge in [-0.1, -0.05) is 12.1 Å². The molecular weight excluding hydrogens is 342 g/mol. The second-order valence-corrected chi connectivity index (χ2v) is 6.08. The lowest BCUT2D eigenvalue weighted by molar-refractivity contribution is 0.110. The third-order valence-corrected chi connectivity index (χ3v) is 3.89. The molecule has 7 heteroatoms. The van der Waals surface area contributed by atoms with Crippen LogP contribution in [0.1, 0.15) is 25.0 Å². The second kappa shape index (κ2) is 12.0. The standard InChI is InChI=1S/C20H31N5O2/c1-4-22-20(23-9-11-25-10-8-21-16-25)24-15-18-7-6-17(3)14-19(18)27-13-12-26-5-2/h6-8,10,14,16H,4-5,9,11-13,15H2,1-3H3,(H2,22,23,24). The number of aryl methyl sites for hydroxylation is 1. The zero-order valence-corrected chi connectivity index (χ0v) is 16.6. The summed E-state index contributed by atoms with van der Waals surface area (Å²) in [5, 5.41) is 6.63. The second-order valence-electron chi connectivity index (χ2n) is 6.08. The Bertz CT molecular complexity index is 686. The zero-order chi connectivity index (χ0) is 19.3. The number of nitrogens with zero attached hydrogens (tertiary/aromatic N) is 3. The number of rotatable bonds is 11. The molecule has 0 atom stereocenters. The topological polar surface area (TPSA) is 72.7 Å². The average molecular weight is 374 g/mol. The van der Waals surface area contributed by atoms with E-state index in [1.807, 2.05) is 24.0 Å². The van der Waals surface area contributed by atoms with Crippen LogP contribution in [-0.4, -0.2) is 48.4 Å². The number of guanidine groups is 1. The van der Waals surface area contributed by atoms with Gasteiger partial charge in [0.25, 0.3) is 0 Å². The Balaban J connectivity index is 1.94. The van der Waals surface area contributed by atoms with Crippen molar-refractivity contribution >= 4 is 5.96 Å². The average Bonchev–Trinajstić information content (AvgIpc) is 3.18. The SMILES string of the molecule is CCNC(=NCc1ccc(C)cc1OCCOCC)NCCn1ccnc1. The van der Waals surface area contributed by atoms with Crippen LogP contribution in [0.25, 0.3) is 0 Å². The third kappa shape index (κ3) is 7.70. The van der Waals surface area contributed by atoms with Crippen LogP contribution in [0.5, 0.6) is 5.75 Å². The Labute approximate surface area is 161 Å². The monoisotopic (exact) mass is 373 g/mol. The van der Waals surface area contributed by atoms with E-state index in [9.17, 15) is 0 Å². The Morgan fingerprint density at radius 1 is 1.22 bits per heavy atom. The van der Waals surface area contributed by atoms with Crippen LogP contribution in [0.4, 0.5) is 0 Å². The molecule has 148 valence electrons. The van der Waals surface area contributed by atoms with Crippen LogP contribution in [-0.2, 0) is 17.8 Å². The molecule has 1 aromatic carbocycles. The first-order valence-corrected chi connectivity index (χ1v) is 9.51. The Hall–Kier alpha value is -2.54. The van der Waals surface area contributed by atoms with E-state index in [2.05, 4.69) is 47.7 Å². The molecule has 0 aliphatic carbocycles. The summed E-state index contributed by atoms with van der Waals surface area (Å²) in [4.78, 5) is 8.75. The van der Waals surface area contributed by atoms with Gasteiger partial charge in [0.05, 0.1) is 19.5 Å². The highest BCUT2D eigenvalue weighted by atomic mass is 16.5. The van der Waals surface area contributed by atoms with Crippen molar-refractivity contribution in [1.82, 2.24) is 20.2 Å². The highest BCUT2D eigenvalue weighted by molar-refractivity contribution is 5.79. The fourth-order valence-corrected chi connectivity index (χ4v) is 2.51. The molecule has 7 nitrogen and oxygen atoms in total. The maximum Gasteiger partial charge on any atom is 0.191 e. The molecule has 0 bridgehead atoms. The van der Waals surface area contributed by atoms with Crippen LogP contribution < -0.4 is 15.4 Å². The lowest BCUT2D eigenvalue weighted by Gasteiger charge is -2.14. The molecule has 1 heterocycles. The van der Waals surface area contributed by atoms with Crippen LogP contribution in [0.3, 0.4) is 0 Å². The van der Waals surface area contributed by atoms with E-state index in [0.717, 1.165) is 36.9 Å². The summed E-state index contributed by atoms with van der Waals surface area (Å²) in [5.74, 6) is 1.66. The molecule has 0 unspecified atom stereocenters. The van der Waals surface area contributed by atoms with Gasteiger partial charge in [-0.05, 0) is 32.4 Å². The number of imidazole rings is 1. The van der Waals surface area contributed by atoms with Crippen LogP contribution >= 0.6 is 0 Å². The first-order chi connectivity index (χ1) is 13.2. The number of benzene rings is 1. The van der Waals surface area contributed by atoms with Gasteiger partial charge in [0.2, 0.25) is 0 Å². The van der Waals surface area contributed by atoms with Gasteiger partial charge in [-0.25, -0.2) is 9.98 Å². The quantitative estimate of drug-likeness (QED) is 0.359. The van der Waals surface area contributed by atoms with Gasteiger partial charge in [-0.3, -0.25) is 0 Å². The molecule has 0 aliphatic rings. The molecular formula is C20H31N5O2. The van der Waals surface area contributed by atoms with E-state index in [1.54, 1.807) is 6.20 Å². The molecule has 0 amide bonds. The van der Waals surface area contributed by atoms with E-state index in [1.165, 1.54) is 5.56 Å². The molecule has 0 spiro atoms. The first-order valence-electron chi connectivity index (χ1n) is 9.51. The minimum atomic E-state index is 0.539. The van der Waals surface area contributed by atoms with E-state index in [0.29, 0.717) is 26.4 Å². The van der Waals surface area contributed by atoms with Crippen LogP contribution in [0.15, 0.2) is 41.9 Å². The minimum absolute atomic E-state index is 0.539. The largest absolute Gasteiger partial charge is 0.491 e. The molecule has 0 fully saturated rings. The molecule has 2 aromatic rings. The zero-order valence-electron chi connectivity index (χ0n) is 16.6. The Morgan fingerprint density at radius 2 is 2.11 bits per heavy atom. The number of aromatic nitrogens is 2. The predicted molar refractivity (Wildman–Crippen MR) is 108 cm³/mol. The summed E-state index contributed by atoms with van der Waals surface area (Å²) in [5.41, 5.74) is 2.23. The highest BCUT2D eigenvalue weighted by Gasteiger charge is 2.05. The predicted octanol–water partition coefficient (Wildman–Crippen LogP) is 2.36. The fraction of sp³-hybridized carbons (Fsp3) is 0.500. The molecule has 27 heavy (non-hydrogen) atoms. The van der Waals surface area contributed by atoms with E-state index in [-0.39, 0.29) is 0 Å². The van der Waals surface area contributed by atoms with E-state index in [4.69, 9.17) is 14.5 Å². The highest BCUT2D eigenvalue weighted by Crippen LogP contribution is 2.21. The smallest absolute Gasteiger partial charge is 0.191 e. The number of aliphatic imine (C=N–C) groups is 1. The van der Waals surface area contributed by atoms with Crippen molar-refractivity contribution in [3.63, 3.8) is 0 Å². The molecule has 2 rings (SSSR count). The van der Waals surface area contributed by atoms with Crippen LogP contribution in [0, 0.1) is 6.92 Å². The van der Waals surface area contributed by atoms with Crippen LogP contribution in [0.2, 0.25) is 0 Å². The Kier molecular flexibility index (Phi) is 9.20. The van der Waals surface area contributed by atoms with Crippen molar-refractivity contribution in [2.24, 2.45) is 4.99 Å². The molecule has 0 radical (unpaired) electrons. The van der Waals surface area contributed by atoms with Gasteiger partial charge in [0, 0.05) is 44.2 Å². The van der Waals surface area contributed by atoms with E-state index < -0.39 is 0 Å². The number of hydrogen-bond donors (Lipinski definition) is 2. The number of nitrogens with one attached hydrogen (secondary N) is 2. The van der Waals surface area contributed by atoms with Gasteiger partial charge in [-0.2, -0.15) is 0 Å². The summed E-state index contributed by atoms with van der Waals surface area (Å²) in [6.07, 6.45) is 5.54. The van der Waals surface area contributed by atoms with Crippen molar-refractivity contribution in [1.29, 1.82) is 0 Å². The third-order valence-electron chi connectivity index (χ3n) is 3.89. The lowest BCUT2D eigenvalue weighted by atomic mass is 10.1. The summed E-state index contributed by atoms with van der Waals surface area (Å²) in [7, 11) is 0. The maximum atomic E-state index is 5.90. The van der Waals surface area contributed by atoms with Gasteiger partial charge in [0.1, 0.15) is 12.4 Å². The summed E-state index contributed by atoms with van der Waals surface area (Å²) >= 11 is 0. The molecule has 0 saturated carbocycles. The van der Waals surface area contributed by atoms with E-state index >= 15 is 0 Å². The van der Waals surface area contributed by atoms with Gasteiger partial charge in [0.15, 0.2) is 5.96 Å². The van der Waals surface area contributed by atoms with Gasteiger partial charge < -0.3 is 24.7 Å². The van der Waals surface area contributed by atoms with Crippen molar-refractivity contribution in [3.8, 4) is 5.75 Å². The normalized spacial score (nSPS) is 11.4. The van der Waals surface area contributed by atoms with Gasteiger partial charge in [-0.15, -0.1) is 0 Å². The molecule has 0 aliphatic heterocycles. The molecule has 0 saturated heterocycles. The minimum Gasteiger partial charge on any atom is -0.491 e. The fourth-order valence-electron chi connectivity index (χ4n) is 2.51. The van der Waals surface area contributed by atoms with Crippen molar-refractivity contribution in [2.45, 2.75) is 33.9 Å². The summed E-state index contributed by atoms with van der Waals surface area (Å²) < 4.78 is 13.3.